The summed E-state index contributed by atoms with van der Waals surface area (Å²) in [5.74, 6) is 0. The zero-order chi connectivity index (χ0) is 12.5. The SMILES string of the molecule is CC(C)(C)P(=O)(c1ccccc1)N1CCCC1. The van der Waals surface area contributed by atoms with E-state index in [1.807, 2.05) is 30.3 Å². The Balaban J connectivity index is 2.48. The van der Waals surface area contributed by atoms with Crippen LogP contribution in [0.3, 0.4) is 0 Å². The predicted molar refractivity (Wildman–Crippen MR) is 74.2 cm³/mol. The van der Waals surface area contributed by atoms with Crippen LogP contribution >= 0.6 is 7.29 Å². The molecule has 1 aliphatic heterocycles. The monoisotopic (exact) mass is 251 g/mol. The first-order chi connectivity index (χ1) is 7.96. The molecule has 0 bridgehead atoms. The predicted octanol–water partition coefficient (Wildman–Crippen LogP) is 3.48. The third kappa shape index (κ3) is 2.21. The Morgan fingerprint density at radius 1 is 1.06 bits per heavy atom. The number of benzene rings is 1. The lowest BCUT2D eigenvalue weighted by Gasteiger charge is -2.38. The van der Waals surface area contributed by atoms with Gasteiger partial charge in [0, 0.05) is 23.6 Å². The van der Waals surface area contributed by atoms with Crippen molar-refractivity contribution in [3.05, 3.63) is 30.3 Å². The number of hydrogen-bond donors (Lipinski definition) is 0. The molecule has 0 radical (unpaired) electrons. The van der Waals surface area contributed by atoms with Gasteiger partial charge < -0.3 is 4.57 Å². The van der Waals surface area contributed by atoms with Crippen LogP contribution in [-0.2, 0) is 4.57 Å². The minimum atomic E-state index is -2.47. The highest BCUT2D eigenvalue weighted by Gasteiger charge is 2.44. The standard InChI is InChI=1S/C14H22NOP/c1-14(2,3)17(16,15-11-7-8-12-15)13-9-5-4-6-10-13/h4-6,9-10H,7-8,11-12H2,1-3H3. The summed E-state index contributed by atoms with van der Waals surface area (Å²) in [7, 11) is -2.47. The molecule has 0 amide bonds. The van der Waals surface area contributed by atoms with Crippen LogP contribution in [0.15, 0.2) is 30.3 Å². The highest BCUT2D eigenvalue weighted by molar-refractivity contribution is 7.70. The third-order valence-electron chi connectivity index (χ3n) is 3.50. The summed E-state index contributed by atoms with van der Waals surface area (Å²) in [6.45, 7) is 8.24. The largest absolute Gasteiger partial charge is 0.301 e. The van der Waals surface area contributed by atoms with E-state index in [4.69, 9.17) is 0 Å². The Bertz CT molecular complexity index is 416. The second-order valence-electron chi connectivity index (χ2n) is 5.74. The van der Waals surface area contributed by atoms with Gasteiger partial charge in [0.2, 0.25) is 0 Å². The van der Waals surface area contributed by atoms with E-state index in [0.29, 0.717) is 0 Å². The summed E-state index contributed by atoms with van der Waals surface area (Å²) in [5, 5.41) is 0.813. The maximum atomic E-state index is 13.6. The lowest BCUT2D eigenvalue weighted by Crippen LogP contribution is -2.34. The van der Waals surface area contributed by atoms with Gasteiger partial charge in [-0.2, -0.15) is 0 Å². The zero-order valence-corrected chi connectivity index (χ0v) is 11.9. The van der Waals surface area contributed by atoms with Gasteiger partial charge in [0.15, 0.2) is 7.29 Å². The van der Waals surface area contributed by atoms with Gasteiger partial charge >= 0.3 is 0 Å². The first-order valence-corrected chi connectivity index (χ1v) is 8.03. The molecule has 1 aliphatic rings. The van der Waals surface area contributed by atoms with Crippen LogP contribution in [0.1, 0.15) is 33.6 Å². The molecule has 1 atom stereocenters. The molecule has 0 N–H and O–H groups in total. The van der Waals surface area contributed by atoms with Gasteiger partial charge in [-0.15, -0.1) is 0 Å². The molecule has 0 aromatic heterocycles. The van der Waals surface area contributed by atoms with E-state index in [9.17, 15) is 4.57 Å². The molecule has 1 aromatic rings. The van der Waals surface area contributed by atoms with Gasteiger partial charge in [0.1, 0.15) is 0 Å². The molecule has 94 valence electrons. The Morgan fingerprint density at radius 3 is 2.06 bits per heavy atom. The molecule has 0 aliphatic carbocycles. The zero-order valence-electron chi connectivity index (χ0n) is 11.0. The van der Waals surface area contributed by atoms with Crippen molar-refractivity contribution in [2.75, 3.05) is 13.1 Å². The smallest absolute Gasteiger partial charge is 0.183 e. The molecule has 2 nitrogen and oxygen atoms in total. The van der Waals surface area contributed by atoms with E-state index in [2.05, 4.69) is 25.4 Å². The molecule has 1 fully saturated rings. The summed E-state index contributed by atoms with van der Waals surface area (Å²) >= 11 is 0. The lowest BCUT2D eigenvalue weighted by atomic mass is 10.3. The van der Waals surface area contributed by atoms with E-state index >= 15 is 0 Å². The van der Waals surface area contributed by atoms with Crippen molar-refractivity contribution in [3.8, 4) is 0 Å². The average molecular weight is 251 g/mol. The van der Waals surface area contributed by atoms with Crippen LogP contribution in [0, 0.1) is 0 Å². The quantitative estimate of drug-likeness (QED) is 0.750. The van der Waals surface area contributed by atoms with Gasteiger partial charge in [0.05, 0.1) is 0 Å². The minimum Gasteiger partial charge on any atom is -0.301 e. The van der Waals surface area contributed by atoms with Crippen molar-refractivity contribution in [1.29, 1.82) is 0 Å². The lowest BCUT2D eigenvalue weighted by molar-refractivity contribution is 0.457. The fraction of sp³-hybridized carbons (Fsp3) is 0.571. The van der Waals surface area contributed by atoms with Crippen LogP contribution in [0.25, 0.3) is 0 Å². The van der Waals surface area contributed by atoms with Gasteiger partial charge in [0.25, 0.3) is 0 Å². The molecule has 1 saturated heterocycles. The third-order valence-corrected chi connectivity index (χ3v) is 7.51. The second kappa shape index (κ2) is 4.59. The summed E-state index contributed by atoms with van der Waals surface area (Å²) in [4.78, 5) is 0. The van der Waals surface area contributed by atoms with Crippen molar-refractivity contribution in [1.82, 2.24) is 4.67 Å². The highest BCUT2D eigenvalue weighted by atomic mass is 31.2. The van der Waals surface area contributed by atoms with Crippen molar-refractivity contribution >= 4 is 12.6 Å². The maximum absolute atomic E-state index is 13.6. The van der Waals surface area contributed by atoms with E-state index in [0.717, 1.165) is 18.4 Å². The summed E-state index contributed by atoms with van der Waals surface area (Å²) in [5.41, 5.74) is 0. The van der Waals surface area contributed by atoms with Crippen molar-refractivity contribution < 1.29 is 4.57 Å². The second-order valence-corrected chi connectivity index (χ2v) is 9.32. The molecular weight excluding hydrogens is 229 g/mol. The van der Waals surface area contributed by atoms with E-state index in [1.165, 1.54) is 12.8 Å². The van der Waals surface area contributed by atoms with E-state index < -0.39 is 7.29 Å². The number of nitrogens with zero attached hydrogens (tertiary/aromatic N) is 1. The molecule has 2 rings (SSSR count). The summed E-state index contributed by atoms with van der Waals surface area (Å²) < 4.78 is 15.8. The Hall–Kier alpha value is -0.590. The van der Waals surface area contributed by atoms with Crippen molar-refractivity contribution in [2.45, 2.75) is 38.8 Å². The van der Waals surface area contributed by atoms with Gasteiger partial charge in [-0.3, -0.25) is 0 Å². The van der Waals surface area contributed by atoms with Crippen LogP contribution in [0.5, 0.6) is 0 Å². The fourth-order valence-electron chi connectivity index (χ4n) is 2.59. The molecule has 17 heavy (non-hydrogen) atoms. The molecule has 1 heterocycles. The molecule has 0 spiro atoms. The topological polar surface area (TPSA) is 20.3 Å². The van der Waals surface area contributed by atoms with E-state index in [1.54, 1.807) is 0 Å². The molecule has 3 heteroatoms. The Kier molecular flexibility index (Phi) is 3.47. The normalized spacial score (nSPS) is 21.4. The first-order valence-electron chi connectivity index (χ1n) is 6.37. The van der Waals surface area contributed by atoms with Crippen molar-refractivity contribution in [3.63, 3.8) is 0 Å². The van der Waals surface area contributed by atoms with Crippen LogP contribution < -0.4 is 5.30 Å². The summed E-state index contributed by atoms with van der Waals surface area (Å²) in [6, 6.07) is 10.0. The molecule has 1 aromatic carbocycles. The van der Waals surface area contributed by atoms with E-state index in [-0.39, 0.29) is 5.16 Å². The van der Waals surface area contributed by atoms with Crippen LogP contribution in [-0.4, -0.2) is 22.9 Å². The van der Waals surface area contributed by atoms with Crippen LogP contribution in [0.2, 0.25) is 0 Å². The fourth-order valence-corrected chi connectivity index (χ4v) is 5.96. The van der Waals surface area contributed by atoms with Gasteiger partial charge in [-0.05, 0) is 12.8 Å². The van der Waals surface area contributed by atoms with Crippen LogP contribution in [0.4, 0.5) is 0 Å². The van der Waals surface area contributed by atoms with Gasteiger partial charge in [-0.25, -0.2) is 4.67 Å². The Labute approximate surface area is 104 Å². The van der Waals surface area contributed by atoms with Crippen molar-refractivity contribution in [2.24, 2.45) is 0 Å². The highest BCUT2D eigenvalue weighted by Crippen LogP contribution is 2.60. The first kappa shape index (κ1) is 12.9. The molecule has 0 saturated carbocycles. The minimum absolute atomic E-state index is 0.196. The average Bonchev–Trinajstić information content (AvgIpc) is 2.81. The van der Waals surface area contributed by atoms with Gasteiger partial charge in [-0.1, -0.05) is 51.1 Å². The molecular formula is C14H22NOP. The number of hydrogen-bond acceptors (Lipinski definition) is 1. The Morgan fingerprint density at radius 2 is 1.59 bits per heavy atom. The molecule has 1 unspecified atom stereocenters. The number of rotatable bonds is 2. The maximum Gasteiger partial charge on any atom is 0.183 e. The summed E-state index contributed by atoms with van der Waals surface area (Å²) in [6.07, 6.45) is 2.35.